The zero-order chi connectivity index (χ0) is 10.1. The Morgan fingerprint density at radius 3 is 2.00 bits per heavy atom. The molecule has 2 N–H and O–H groups in total. The normalized spacial score (nSPS) is 12.7. The Hall–Kier alpha value is -0.445. The minimum atomic E-state index is -1.36. The van der Waals surface area contributed by atoms with Gasteiger partial charge in [0.2, 0.25) is 0 Å². The van der Waals surface area contributed by atoms with Crippen molar-refractivity contribution in [3.8, 4) is 0 Å². The lowest BCUT2D eigenvalue weighted by Crippen LogP contribution is -2.33. The smallest absolute Gasteiger partial charge is 0.423 e. The van der Waals surface area contributed by atoms with Gasteiger partial charge in [0.05, 0.1) is 0 Å². The Labute approximate surface area is 81.1 Å². The van der Waals surface area contributed by atoms with E-state index in [0.717, 1.165) is 4.90 Å². The second-order valence-corrected chi connectivity index (χ2v) is 7.86. The van der Waals surface area contributed by atoms with Gasteiger partial charge >= 0.3 is 7.12 Å². The van der Waals surface area contributed by atoms with E-state index in [2.05, 4.69) is 18.8 Å². The molecule has 0 bridgehead atoms. The lowest BCUT2D eigenvalue weighted by molar-refractivity contribution is 0.425. The van der Waals surface area contributed by atoms with Crippen molar-refractivity contribution in [3.63, 3.8) is 0 Å². The third kappa shape index (κ3) is 2.50. The highest BCUT2D eigenvalue weighted by atomic mass is 32.3. The highest BCUT2D eigenvalue weighted by Crippen LogP contribution is 2.43. The molecule has 0 aliphatic carbocycles. The van der Waals surface area contributed by atoms with E-state index < -0.39 is 17.1 Å². The largest absolute Gasteiger partial charge is 0.489 e. The van der Waals surface area contributed by atoms with Crippen LogP contribution >= 0.6 is 10.0 Å². The van der Waals surface area contributed by atoms with Crippen LogP contribution in [0.15, 0.2) is 29.2 Å². The van der Waals surface area contributed by atoms with E-state index in [4.69, 9.17) is 10.0 Å². The van der Waals surface area contributed by atoms with Crippen LogP contribution in [0.1, 0.15) is 0 Å². The van der Waals surface area contributed by atoms with Crippen LogP contribution in [0.2, 0.25) is 0 Å². The average molecular weight is 198 g/mol. The van der Waals surface area contributed by atoms with Crippen LogP contribution < -0.4 is 5.46 Å². The first kappa shape index (κ1) is 10.6. The van der Waals surface area contributed by atoms with Gasteiger partial charge in [-0.05, 0) is 29.1 Å². The van der Waals surface area contributed by atoms with Crippen LogP contribution in [0.4, 0.5) is 0 Å². The van der Waals surface area contributed by atoms with Crippen molar-refractivity contribution in [2.45, 2.75) is 4.90 Å². The lowest BCUT2D eigenvalue weighted by atomic mass is 9.80. The van der Waals surface area contributed by atoms with Crippen molar-refractivity contribution in [1.82, 2.24) is 0 Å². The van der Waals surface area contributed by atoms with E-state index >= 15 is 0 Å². The number of rotatable bonds is 2. The summed E-state index contributed by atoms with van der Waals surface area (Å²) in [6.45, 7) is 0. The minimum Gasteiger partial charge on any atom is -0.423 e. The molecule has 2 nitrogen and oxygen atoms in total. The summed E-state index contributed by atoms with van der Waals surface area (Å²) in [7, 11) is -2.26. The predicted molar refractivity (Wildman–Crippen MR) is 59.9 cm³/mol. The van der Waals surface area contributed by atoms with Crippen LogP contribution in [-0.2, 0) is 0 Å². The molecule has 0 aliphatic heterocycles. The van der Waals surface area contributed by atoms with Crippen molar-refractivity contribution in [3.05, 3.63) is 24.3 Å². The van der Waals surface area contributed by atoms with Gasteiger partial charge < -0.3 is 10.0 Å². The molecule has 0 radical (unpaired) electrons. The van der Waals surface area contributed by atoms with Gasteiger partial charge in [-0.15, -0.1) is 0 Å². The first-order valence-electron chi connectivity index (χ1n) is 4.06. The fraction of sp³-hybridized carbons (Fsp3) is 0.333. The molecule has 72 valence electrons. The third-order valence-electron chi connectivity index (χ3n) is 1.86. The maximum absolute atomic E-state index is 9.14. The molecule has 0 atom stereocenters. The average Bonchev–Trinajstić information content (AvgIpc) is 2.03. The molecule has 13 heavy (non-hydrogen) atoms. The summed E-state index contributed by atoms with van der Waals surface area (Å²) in [5.41, 5.74) is 0.630. The predicted octanol–water partition coefficient (Wildman–Crippen LogP) is 0.419. The highest BCUT2D eigenvalue weighted by Gasteiger charge is 2.20. The SMILES string of the molecule is CS(C)(C)c1ccccc1B(O)O. The maximum atomic E-state index is 9.14. The summed E-state index contributed by atoms with van der Waals surface area (Å²) in [5.74, 6) is 0. The van der Waals surface area contributed by atoms with Gasteiger partial charge in [0.25, 0.3) is 0 Å². The summed E-state index contributed by atoms with van der Waals surface area (Å²) < 4.78 is 0. The molecule has 0 aliphatic rings. The van der Waals surface area contributed by atoms with Crippen LogP contribution in [0.25, 0.3) is 0 Å². The van der Waals surface area contributed by atoms with E-state index in [1.807, 2.05) is 18.2 Å². The van der Waals surface area contributed by atoms with E-state index in [1.54, 1.807) is 6.07 Å². The Kier molecular flexibility index (Phi) is 3.06. The molecule has 0 aromatic heterocycles. The molecule has 4 heteroatoms. The summed E-state index contributed by atoms with van der Waals surface area (Å²) in [5, 5.41) is 18.3. The first-order valence-corrected chi connectivity index (χ1v) is 6.92. The lowest BCUT2D eigenvalue weighted by Gasteiger charge is -2.28. The molecule has 0 spiro atoms. The molecule has 0 fully saturated rings. The van der Waals surface area contributed by atoms with Crippen LogP contribution in [0, 0.1) is 0 Å². The maximum Gasteiger partial charge on any atom is 0.489 e. The van der Waals surface area contributed by atoms with Gasteiger partial charge in [0.1, 0.15) is 0 Å². The number of benzene rings is 1. The molecule has 1 aromatic rings. The Morgan fingerprint density at radius 2 is 1.62 bits per heavy atom. The van der Waals surface area contributed by atoms with E-state index in [-0.39, 0.29) is 0 Å². The van der Waals surface area contributed by atoms with Crippen molar-refractivity contribution < 1.29 is 10.0 Å². The summed E-state index contributed by atoms with van der Waals surface area (Å²) in [4.78, 5) is 1.06. The van der Waals surface area contributed by atoms with E-state index in [9.17, 15) is 0 Å². The molecule has 0 unspecified atom stereocenters. The third-order valence-corrected chi connectivity index (χ3v) is 3.55. The number of hydrogen-bond acceptors (Lipinski definition) is 2. The van der Waals surface area contributed by atoms with Crippen molar-refractivity contribution >= 4 is 22.6 Å². The van der Waals surface area contributed by atoms with Gasteiger partial charge in [-0.1, -0.05) is 24.3 Å². The van der Waals surface area contributed by atoms with Crippen LogP contribution in [0.5, 0.6) is 0 Å². The van der Waals surface area contributed by atoms with Gasteiger partial charge in [-0.3, -0.25) is 0 Å². The van der Waals surface area contributed by atoms with Crippen LogP contribution in [-0.4, -0.2) is 35.9 Å². The fourth-order valence-electron chi connectivity index (χ4n) is 1.25. The summed E-state index contributed by atoms with van der Waals surface area (Å²) >= 11 is 0. The second-order valence-electron chi connectivity index (χ2n) is 3.75. The fourth-order valence-corrected chi connectivity index (χ4v) is 2.62. The van der Waals surface area contributed by atoms with Gasteiger partial charge in [0.15, 0.2) is 0 Å². The van der Waals surface area contributed by atoms with Gasteiger partial charge in [-0.25, -0.2) is 10.0 Å². The van der Waals surface area contributed by atoms with Crippen molar-refractivity contribution in [2.24, 2.45) is 0 Å². The summed E-state index contributed by atoms with van der Waals surface area (Å²) in [6, 6.07) is 7.48. The monoisotopic (exact) mass is 198 g/mol. The molecule has 1 aromatic carbocycles. The van der Waals surface area contributed by atoms with Crippen molar-refractivity contribution in [2.75, 3.05) is 18.8 Å². The summed E-state index contributed by atoms with van der Waals surface area (Å²) in [6.07, 6.45) is 6.40. The molecule has 0 saturated heterocycles. The first-order chi connectivity index (χ1) is 5.93. The molecule has 0 amide bonds. The second kappa shape index (κ2) is 3.74. The van der Waals surface area contributed by atoms with Crippen LogP contribution in [0.3, 0.4) is 0 Å². The molecular weight excluding hydrogens is 183 g/mol. The minimum absolute atomic E-state index is 0.630. The highest BCUT2D eigenvalue weighted by molar-refractivity contribution is 8.32. The Bertz CT molecular complexity index is 294. The zero-order valence-electron chi connectivity index (χ0n) is 8.19. The van der Waals surface area contributed by atoms with Gasteiger partial charge in [0, 0.05) is 0 Å². The number of hydrogen-bond donors (Lipinski definition) is 2. The molecule has 0 heterocycles. The Morgan fingerprint density at radius 1 is 1.08 bits per heavy atom. The molecule has 1 rings (SSSR count). The van der Waals surface area contributed by atoms with E-state index in [1.165, 1.54) is 0 Å². The van der Waals surface area contributed by atoms with Gasteiger partial charge in [-0.2, -0.15) is 0 Å². The molecule has 0 saturated carbocycles. The topological polar surface area (TPSA) is 40.5 Å². The molecular formula is C9H15BO2S. The van der Waals surface area contributed by atoms with E-state index in [0.29, 0.717) is 5.46 Å². The van der Waals surface area contributed by atoms with Crippen molar-refractivity contribution in [1.29, 1.82) is 0 Å². The standard InChI is InChI=1S/C9H15BO2S/c1-13(2,3)9-7-5-4-6-8(9)10(11)12/h4-7,11-12H,1-3H3. The Balaban J connectivity index is 3.20. The zero-order valence-corrected chi connectivity index (χ0v) is 9.01. The quantitative estimate of drug-likeness (QED) is 0.676.